The molecule has 2 aromatic rings. The average molecular weight is 315 g/mol. The van der Waals surface area contributed by atoms with Crippen molar-refractivity contribution in [2.75, 3.05) is 10.5 Å². The quantitative estimate of drug-likeness (QED) is 0.754. The normalized spacial score (nSPS) is 11.6. The second-order valence-electron chi connectivity index (χ2n) is 4.37. The average Bonchev–Trinajstić information content (AvgIpc) is 2.81. The van der Waals surface area contributed by atoms with Gasteiger partial charge in [-0.1, -0.05) is 18.5 Å². The first-order valence-electron chi connectivity index (χ1n) is 5.96. The number of hydrogen-bond acceptors (Lipinski definition) is 4. The second-order valence-corrected chi connectivity index (χ2v) is 6.43. The van der Waals surface area contributed by atoms with Crippen molar-refractivity contribution in [1.82, 2.24) is 10.2 Å². The largest absolute Gasteiger partial charge is 0.397 e. The van der Waals surface area contributed by atoms with Crippen LogP contribution >= 0.6 is 11.6 Å². The highest BCUT2D eigenvalue weighted by molar-refractivity contribution is 7.92. The smallest absolute Gasteiger partial charge is 0.263 e. The molecule has 0 saturated carbocycles. The van der Waals surface area contributed by atoms with Gasteiger partial charge in [-0.15, -0.1) is 0 Å². The molecular formula is C12H15ClN4O2S. The molecule has 4 N–H and O–H groups in total. The Morgan fingerprint density at radius 2 is 2.15 bits per heavy atom. The van der Waals surface area contributed by atoms with Gasteiger partial charge in [-0.3, -0.25) is 9.82 Å². The highest BCUT2D eigenvalue weighted by Gasteiger charge is 2.19. The molecule has 0 aliphatic rings. The minimum absolute atomic E-state index is 0.0635. The van der Waals surface area contributed by atoms with E-state index in [4.69, 9.17) is 17.3 Å². The van der Waals surface area contributed by atoms with E-state index < -0.39 is 10.0 Å². The van der Waals surface area contributed by atoms with E-state index in [1.807, 2.05) is 6.92 Å². The van der Waals surface area contributed by atoms with Crippen molar-refractivity contribution < 1.29 is 8.42 Å². The van der Waals surface area contributed by atoms with E-state index in [0.717, 1.165) is 5.56 Å². The first kappa shape index (κ1) is 14.7. The molecule has 1 aromatic heterocycles. The summed E-state index contributed by atoms with van der Waals surface area (Å²) in [6.07, 6.45) is 2.25. The van der Waals surface area contributed by atoms with Crippen molar-refractivity contribution in [2.24, 2.45) is 0 Å². The molecule has 8 heteroatoms. The Kier molecular flexibility index (Phi) is 3.92. The highest BCUT2D eigenvalue weighted by atomic mass is 35.5. The molecule has 0 bridgehead atoms. The van der Waals surface area contributed by atoms with Crippen molar-refractivity contribution >= 4 is 33.1 Å². The molecule has 0 aliphatic carbocycles. The summed E-state index contributed by atoms with van der Waals surface area (Å²) in [6, 6.07) is 2.81. The van der Waals surface area contributed by atoms with E-state index >= 15 is 0 Å². The summed E-state index contributed by atoms with van der Waals surface area (Å²) >= 11 is 5.93. The zero-order valence-electron chi connectivity index (χ0n) is 11.1. The number of nitrogens with one attached hydrogen (secondary N) is 2. The number of nitrogens with zero attached hydrogens (tertiary/aromatic N) is 1. The lowest BCUT2D eigenvalue weighted by molar-refractivity contribution is 0.601. The number of halogens is 1. The van der Waals surface area contributed by atoms with Crippen molar-refractivity contribution in [1.29, 1.82) is 0 Å². The molecule has 0 unspecified atom stereocenters. The molecule has 0 fully saturated rings. The number of aromatic amines is 1. The van der Waals surface area contributed by atoms with Crippen LogP contribution in [0.3, 0.4) is 0 Å². The van der Waals surface area contributed by atoms with E-state index in [0.29, 0.717) is 22.8 Å². The monoisotopic (exact) mass is 314 g/mol. The molecule has 0 aliphatic heterocycles. The van der Waals surface area contributed by atoms with Gasteiger partial charge >= 0.3 is 0 Å². The van der Waals surface area contributed by atoms with Gasteiger partial charge < -0.3 is 5.73 Å². The van der Waals surface area contributed by atoms with E-state index in [1.54, 1.807) is 13.1 Å². The van der Waals surface area contributed by atoms with Crippen LogP contribution in [0.15, 0.2) is 23.2 Å². The summed E-state index contributed by atoms with van der Waals surface area (Å²) in [5.74, 6) is 0.360. The number of anilines is 2. The fraction of sp³-hybridized carbons (Fsp3) is 0.250. The third-order valence-electron chi connectivity index (χ3n) is 2.90. The molecule has 108 valence electrons. The maximum Gasteiger partial charge on any atom is 0.263 e. The molecule has 0 atom stereocenters. The number of nitrogen functional groups attached to an aromatic ring is 1. The van der Waals surface area contributed by atoms with E-state index in [-0.39, 0.29) is 10.6 Å². The Bertz CT molecular complexity index is 717. The maximum atomic E-state index is 12.3. The van der Waals surface area contributed by atoms with Gasteiger partial charge in [0.1, 0.15) is 5.82 Å². The van der Waals surface area contributed by atoms with Gasteiger partial charge in [-0.05, 0) is 31.0 Å². The van der Waals surface area contributed by atoms with Crippen LogP contribution < -0.4 is 10.5 Å². The molecule has 0 spiro atoms. The van der Waals surface area contributed by atoms with Crippen molar-refractivity contribution in [3.63, 3.8) is 0 Å². The molecular weight excluding hydrogens is 300 g/mol. The first-order chi connectivity index (χ1) is 9.35. The minimum Gasteiger partial charge on any atom is -0.397 e. The van der Waals surface area contributed by atoms with Crippen LogP contribution in [0, 0.1) is 6.92 Å². The summed E-state index contributed by atoms with van der Waals surface area (Å²) in [7, 11) is -3.74. The summed E-state index contributed by atoms with van der Waals surface area (Å²) in [4.78, 5) is 0.0635. The first-order valence-corrected chi connectivity index (χ1v) is 7.82. The molecule has 2 rings (SSSR count). The Morgan fingerprint density at radius 1 is 1.45 bits per heavy atom. The van der Waals surface area contributed by atoms with Crippen LogP contribution in [-0.4, -0.2) is 18.6 Å². The molecule has 1 heterocycles. The van der Waals surface area contributed by atoms with Crippen molar-refractivity contribution in [3.8, 4) is 0 Å². The third-order valence-corrected chi connectivity index (χ3v) is 4.75. The maximum absolute atomic E-state index is 12.3. The summed E-state index contributed by atoms with van der Waals surface area (Å²) in [6.45, 7) is 3.61. The molecule has 0 saturated heterocycles. The molecule has 20 heavy (non-hydrogen) atoms. The second kappa shape index (κ2) is 5.34. The van der Waals surface area contributed by atoms with Gasteiger partial charge in [0.15, 0.2) is 0 Å². The Balaban J connectivity index is 2.41. The number of benzene rings is 1. The lowest BCUT2D eigenvalue weighted by Gasteiger charge is -2.10. The standard InChI is InChI=1S/C12H15ClN4O2S/c1-3-8-6-15-16-12(8)17-20(18,19)9-4-7(2)11(13)10(14)5-9/h4-6H,3,14H2,1-2H3,(H2,15,16,17). The number of aryl methyl sites for hydroxylation is 2. The van der Waals surface area contributed by atoms with E-state index in [9.17, 15) is 8.42 Å². The molecule has 6 nitrogen and oxygen atoms in total. The van der Waals surface area contributed by atoms with Gasteiger partial charge in [0.25, 0.3) is 10.0 Å². The lowest BCUT2D eigenvalue weighted by atomic mass is 10.2. The van der Waals surface area contributed by atoms with Gasteiger partial charge in [0, 0.05) is 5.56 Å². The Hall–Kier alpha value is -1.73. The Morgan fingerprint density at radius 3 is 2.75 bits per heavy atom. The number of sulfonamides is 1. The fourth-order valence-electron chi connectivity index (χ4n) is 1.78. The zero-order chi connectivity index (χ0) is 14.9. The zero-order valence-corrected chi connectivity index (χ0v) is 12.6. The Labute approximate surface area is 122 Å². The van der Waals surface area contributed by atoms with Gasteiger partial charge in [-0.2, -0.15) is 5.10 Å². The summed E-state index contributed by atoms with van der Waals surface area (Å²) in [5.41, 5.74) is 7.32. The topological polar surface area (TPSA) is 101 Å². The predicted molar refractivity (Wildman–Crippen MR) is 79.4 cm³/mol. The summed E-state index contributed by atoms with van der Waals surface area (Å²) in [5, 5.41) is 6.81. The summed E-state index contributed by atoms with van der Waals surface area (Å²) < 4.78 is 27.1. The number of nitrogens with two attached hydrogens (primary N) is 1. The van der Waals surface area contributed by atoms with Gasteiger partial charge in [0.05, 0.1) is 21.8 Å². The number of H-pyrrole nitrogens is 1. The van der Waals surface area contributed by atoms with Crippen LogP contribution in [0.25, 0.3) is 0 Å². The minimum atomic E-state index is -3.74. The van der Waals surface area contributed by atoms with Gasteiger partial charge in [0.2, 0.25) is 0 Å². The van der Waals surface area contributed by atoms with Crippen LogP contribution in [0.1, 0.15) is 18.1 Å². The van der Waals surface area contributed by atoms with Crippen LogP contribution in [0.2, 0.25) is 5.02 Å². The molecule has 0 amide bonds. The van der Waals surface area contributed by atoms with Crippen LogP contribution in [0.5, 0.6) is 0 Å². The SMILES string of the molecule is CCc1cn[nH]c1NS(=O)(=O)c1cc(C)c(Cl)c(N)c1. The fourth-order valence-corrected chi connectivity index (χ4v) is 3.07. The lowest BCUT2D eigenvalue weighted by Crippen LogP contribution is -2.15. The van der Waals surface area contributed by atoms with Gasteiger partial charge in [-0.25, -0.2) is 8.42 Å². The molecule has 0 radical (unpaired) electrons. The number of rotatable bonds is 4. The van der Waals surface area contributed by atoms with Crippen LogP contribution in [0.4, 0.5) is 11.5 Å². The predicted octanol–water partition coefficient (Wildman–Crippen LogP) is 2.32. The highest BCUT2D eigenvalue weighted by Crippen LogP contribution is 2.28. The van der Waals surface area contributed by atoms with Crippen molar-refractivity contribution in [3.05, 3.63) is 34.5 Å². The third kappa shape index (κ3) is 2.73. The number of aromatic nitrogens is 2. The van der Waals surface area contributed by atoms with E-state index in [1.165, 1.54) is 12.1 Å². The van der Waals surface area contributed by atoms with Crippen LogP contribution in [-0.2, 0) is 16.4 Å². The van der Waals surface area contributed by atoms with E-state index in [2.05, 4.69) is 14.9 Å². The number of hydrogen-bond donors (Lipinski definition) is 3. The molecule has 1 aromatic carbocycles. The van der Waals surface area contributed by atoms with Crippen molar-refractivity contribution in [2.45, 2.75) is 25.2 Å².